The van der Waals surface area contributed by atoms with Crippen LogP contribution in [0.5, 0.6) is 0 Å². The van der Waals surface area contributed by atoms with Crippen molar-refractivity contribution >= 4 is 74.3 Å². The molecule has 4 heteroatoms. The highest BCUT2D eigenvalue weighted by Gasteiger charge is 2.45. The zero-order valence-electron chi connectivity index (χ0n) is 44.5. The van der Waals surface area contributed by atoms with Gasteiger partial charge in [-0.05, 0) is 133 Å². The minimum absolute atomic E-state index is 0.00562. The van der Waals surface area contributed by atoms with Crippen molar-refractivity contribution in [2.75, 3.05) is 14.7 Å². The summed E-state index contributed by atoms with van der Waals surface area (Å²) in [4.78, 5) is 6.38. The third-order valence-electron chi connectivity index (χ3n) is 12.3. The molecule has 0 aliphatic carbocycles. The average molecular weight is 818 g/mol. The summed E-state index contributed by atoms with van der Waals surface area (Å²) in [5.41, 5.74) is 9.95. The largest absolute Gasteiger partial charge is 0.311 e. The molecule has 0 spiro atoms. The number of fused-ring (bicyclic) bond motifs is 4. The number of rotatable bonds is 5. The van der Waals surface area contributed by atoms with Gasteiger partial charge in [0.15, 0.2) is 0 Å². The fraction of sp³-hybridized carbons (Fsp3) is 0.276. The van der Waals surface area contributed by atoms with Gasteiger partial charge in [0.05, 0.1) is 13.9 Å². The van der Waals surface area contributed by atoms with Gasteiger partial charge in [0.1, 0.15) is 0 Å². The van der Waals surface area contributed by atoms with Crippen molar-refractivity contribution in [3.8, 4) is 0 Å². The highest BCUT2D eigenvalue weighted by Crippen LogP contribution is 2.49. The maximum Gasteiger partial charge on any atom is 0.252 e. The first-order valence-electron chi connectivity index (χ1n) is 25.0. The number of anilines is 9. The molecule has 3 nitrogen and oxygen atoms in total. The lowest BCUT2D eigenvalue weighted by molar-refractivity contribution is 0.590. The van der Waals surface area contributed by atoms with Crippen LogP contribution in [0.25, 0.3) is 0 Å². The second-order valence-electron chi connectivity index (χ2n) is 21.1. The van der Waals surface area contributed by atoms with Crippen LogP contribution in [0.2, 0.25) is 0 Å². The molecule has 9 rings (SSSR count). The van der Waals surface area contributed by atoms with Gasteiger partial charge < -0.3 is 14.7 Å². The summed E-state index contributed by atoms with van der Waals surface area (Å²) in [6.07, 6.45) is 0. The maximum atomic E-state index is 10.4. The van der Waals surface area contributed by atoms with Crippen LogP contribution in [0.4, 0.5) is 51.2 Å². The fourth-order valence-electron chi connectivity index (χ4n) is 8.78. The topological polar surface area (TPSA) is 9.72 Å². The molecule has 0 bridgehead atoms. The van der Waals surface area contributed by atoms with Gasteiger partial charge in [-0.1, -0.05) is 168 Å². The Morgan fingerprint density at radius 2 is 0.758 bits per heavy atom. The van der Waals surface area contributed by atoms with E-state index in [1.165, 1.54) is 0 Å². The number of hydrogen-bond donors (Lipinski definition) is 0. The summed E-state index contributed by atoms with van der Waals surface area (Å²) in [7, 11) is 0. The summed E-state index contributed by atoms with van der Waals surface area (Å²) in [5, 5.41) is 0. The molecule has 7 aromatic carbocycles. The van der Waals surface area contributed by atoms with Gasteiger partial charge in [-0.15, -0.1) is 0 Å². The van der Waals surface area contributed by atoms with Gasteiger partial charge in [-0.2, -0.15) is 0 Å². The van der Waals surface area contributed by atoms with E-state index < -0.39 is 17.5 Å². The maximum absolute atomic E-state index is 10.4. The molecule has 0 fully saturated rings. The zero-order chi connectivity index (χ0) is 49.2. The zero-order valence-corrected chi connectivity index (χ0v) is 38.5. The van der Waals surface area contributed by atoms with E-state index in [4.69, 9.17) is 0 Å². The van der Waals surface area contributed by atoms with Gasteiger partial charge in [0.2, 0.25) is 0 Å². The molecular weight excluding hydrogens is 749 g/mol. The van der Waals surface area contributed by atoms with E-state index in [-0.39, 0.29) is 47.1 Å². The van der Waals surface area contributed by atoms with Crippen LogP contribution in [-0.4, -0.2) is 6.71 Å². The fourth-order valence-corrected chi connectivity index (χ4v) is 8.78. The van der Waals surface area contributed by atoms with Crippen molar-refractivity contribution in [3.63, 3.8) is 0 Å². The Kier molecular flexibility index (Phi) is 8.27. The number of nitrogens with zero attached hydrogens (tertiary/aromatic N) is 3. The molecule has 0 saturated heterocycles. The van der Waals surface area contributed by atoms with Crippen LogP contribution in [-0.2, 0) is 21.7 Å². The van der Waals surface area contributed by atoms with Crippen molar-refractivity contribution in [2.24, 2.45) is 0 Å². The Morgan fingerprint density at radius 1 is 0.403 bits per heavy atom. The molecule has 2 aliphatic rings. The third-order valence-corrected chi connectivity index (χ3v) is 12.3. The molecule has 7 aromatic rings. The summed E-state index contributed by atoms with van der Waals surface area (Å²) < 4.78 is 60.5. The molecule has 0 unspecified atom stereocenters. The highest BCUT2D eigenvalue weighted by atomic mass is 15.2. The molecule has 0 amide bonds. The van der Waals surface area contributed by atoms with E-state index in [2.05, 4.69) is 141 Å². The highest BCUT2D eigenvalue weighted by molar-refractivity contribution is 7.00. The standard InChI is InChI=1S/C58H62BN3/c1-55(2,3)39-23-29-45(30-24-39)61-50-33-27-41(57(7,8)9)35-48(50)59-49-36-42(58(10,11)12)28-34-51(49)62(46-31-25-40(26-32-46)56(4,5)6)53-38-47(37-52(61)54(53)59)60(43-19-15-13-16-20-43)44-21-17-14-18-22-44/h13-38H,1-12H3/i27D,28D,33D,34D,35D,36D. The van der Waals surface area contributed by atoms with Crippen molar-refractivity contribution in [2.45, 2.75) is 105 Å². The Bertz CT molecular complexity index is 2900. The smallest absolute Gasteiger partial charge is 0.252 e. The van der Waals surface area contributed by atoms with E-state index >= 15 is 0 Å². The molecule has 0 saturated carbocycles. The van der Waals surface area contributed by atoms with E-state index in [0.29, 0.717) is 33.4 Å². The van der Waals surface area contributed by atoms with Gasteiger partial charge in [0.25, 0.3) is 6.71 Å². The molecule has 0 aromatic heterocycles. The Hall–Kier alpha value is -6.00. The molecule has 2 heterocycles. The molecule has 0 radical (unpaired) electrons. The molecular formula is C58H62BN3. The SMILES string of the molecule is [2H]c1c([2H])c(C(C)(C)C)c([2H])c2c1N(c1ccc(C(C)(C)C)cc1)c1cc(N(c3ccccc3)c3ccccc3)cc3c1B2c1c([2H])c(C(C)(C)C)c([2H])c([2H])c1N3c1ccc(C(C)(C)C)cc1. The second kappa shape index (κ2) is 14.8. The number of hydrogen-bond acceptors (Lipinski definition) is 3. The Balaban J connectivity index is 1.53. The van der Waals surface area contributed by atoms with Gasteiger partial charge in [-0.25, -0.2) is 0 Å². The quantitative estimate of drug-likeness (QED) is 0.160. The lowest BCUT2D eigenvalue weighted by Crippen LogP contribution is -2.61. The second-order valence-corrected chi connectivity index (χ2v) is 21.1. The van der Waals surface area contributed by atoms with Crippen LogP contribution in [0.15, 0.2) is 158 Å². The van der Waals surface area contributed by atoms with Gasteiger partial charge >= 0.3 is 0 Å². The van der Waals surface area contributed by atoms with Crippen LogP contribution >= 0.6 is 0 Å². The third kappa shape index (κ3) is 7.32. The van der Waals surface area contributed by atoms with Crippen molar-refractivity contribution in [3.05, 3.63) is 180 Å². The van der Waals surface area contributed by atoms with Crippen LogP contribution in [0.1, 0.15) is 114 Å². The first kappa shape index (κ1) is 34.6. The Labute approximate surface area is 380 Å². The van der Waals surface area contributed by atoms with Gasteiger partial charge in [-0.3, -0.25) is 0 Å². The average Bonchev–Trinajstić information content (AvgIpc) is 3.26. The van der Waals surface area contributed by atoms with Crippen LogP contribution < -0.4 is 31.1 Å². The lowest BCUT2D eigenvalue weighted by Gasteiger charge is -2.45. The molecule has 0 atom stereocenters. The van der Waals surface area contributed by atoms with Gasteiger partial charge in [0, 0.05) is 45.5 Å². The minimum Gasteiger partial charge on any atom is -0.311 e. The Morgan fingerprint density at radius 3 is 1.10 bits per heavy atom. The predicted octanol–water partition coefficient (Wildman–Crippen LogP) is 14.4. The van der Waals surface area contributed by atoms with Crippen molar-refractivity contribution in [1.29, 1.82) is 0 Å². The number of benzene rings is 7. The summed E-state index contributed by atoms with van der Waals surface area (Å²) in [6.45, 7) is 24.2. The molecule has 0 N–H and O–H groups in total. The molecule has 62 heavy (non-hydrogen) atoms. The van der Waals surface area contributed by atoms with E-state index in [0.717, 1.165) is 56.4 Å². The summed E-state index contributed by atoms with van der Waals surface area (Å²) in [6, 6.07) is 41.9. The first-order valence-corrected chi connectivity index (χ1v) is 22.0. The normalized spacial score (nSPS) is 15.1. The van der Waals surface area contributed by atoms with Crippen LogP contribution in [0.3, 0.4) is 0 Å². The summed E-state index contributed by atoms with van der Waals surface area (Å²) >= 11 is 0. The predicted molar refractivity (Wildman–Crippen MR) is 270 cm³/mol. The summed E-state index contributed by atoms with van der Waals surface area (Å²) in [5.74, 6) is 0. The van der Waals surface area contributed by atoms with E-state index in [9.17, 15) is 8.22 Å². The monoisotopic (exact) mass is 818 g/mol. The first-order chi connectivity index (χ1) is 31.8. The lowest BCUT2D eigenvalue weighted by atomic mass is 9.33. The van der Waals surface area contributed by atoms with E-state index in [1.54, 1.807) is 0 Å². The van der Waals surface area contributed by atoms with Crippen LogP contribution in [0, 0.1) is 0 Å². The molecule has 312 valence electrons. The van der Waals surface area contributed by atoms with Crippen molar-refractivity contribution < 1.29 is 8.22 Å². The number of para-hydroxylation sites is 2. The van der Waals surface area contributed by atoms with Crippen molar-refractivity contribution in [1.82, 2.24) is 0 Å². The molecule has 2 aliphatic heterocycles. The van der Waals surface area contributed by atoms with E-state index in [1.807, 2.05) is 77.9 Å². The minimum atomic E-state index is -0.812.